The van der Waals surface area contributed by atoms with Crippen molar-refractivity contribution in [1.29, 1.82) is 5.26 Å². The van der Waals surface area contributed by atoms with Crippen molar-refractivity contribution in [2.45, 2.75) is 43.7 Å². The van der Waals surface area contributed by atoms with Crippen LogP contribution in [0.2, 0.25) is 0 Å². The number of nitrogens with zero attached hydrogens (tertiary/aromatic N) is 2. The van der Waals surface area contributed by atoms with E-state index in [1.165, 1.54) is 0 Å². The van der Waals surface area contributed by atoms with Gasteiger partial charge < -0.3 is 14.7 Å². The van der Waals surface area contributed by atoms with E-state index < -0.39 is 6.04 Å². The summed E-state index contributed by atoms with van der Waals surface area (Å²) < 4.78 is 5.33. The molecule has 158 valence electrons. The molecule has 4 rings (SSSR count). The first-order valence-electron chi connectivity index (χ1n) is 10.8. The number of carbonyl (C=O) groups excluding carboxylic acids is 1. The van der Waals surface area contributed by atoms with Gasteiger partial charge in [0.15, 0.2) is 0 Å². The molecule has 1 saturated carbocycles. The largest absolute Gasteiger partial charge is 0.495 e. The maximum Gasteiger partial charge on any atom is 0.227 e. The average Bonchev–Trinajstić information content (AvgIpc) is 3.34. The van der Waals surface area contributed by atoms with Crippen molar-refractivity contribution in [3.63, 3.8) is 0 Å². The molecule has 31 heavy (non-hydrogen) atoms. The van der Waals surface area contributed by atoms with Crippen LogP contribution in [-0.2, 0) is 4.79 Å². The van der Waals surface area contributed by atoms with Gasteiger partial charge in [0, 0.05) is 17.4 Å². The quantitative estimate of drug-likeness (QED) is 0.778. The van der Waals surface area contributed by atoms with Crippen LogP contribution in [0.5, 0.6) is 5.75 Å². The molecule has 1 N–H and O–H groups in total. The molecule has 0 unspecified atom stereocenters. The lowest BCUT2D eigenvalue weighted by molar-refractivity contribution is -0.151. The summed E-state index contributed by atoms with van der Waals surface area (Å²) in [5.41, 5.74) is 2.62. The number of aliphatic hydroxyl groups is 1. The van der Waals surface area contributed by atoms with Crippen LogP contribution in [-0.4, -0.2) is 41.7 Å². The Morgan fingerprint density at radius 3 is 2.48 bits per heavy atom. The van der Waals surface area contributed by atoms with Crippen LogP contribution in [0, 0.1) is 29.1 Å². The number of benzene rings is 2. The van der Waals surface area contributed by atoms with E-state index >= 15 is 0 Å². The number of aliphatic hydroxyl groups excluding tert-OH is 1. The van der Waals surface area contributed by atoms with E-state index in [9.17, 15) is 15.2 Å². The van der Waals surface area contributed by atoms with E-state index in [0.717, 1.165) is 48.1 Å². The molecule has 0 radical (unpaired) electrons. The van der Waals surface area contributed by atoms with Gasteiger partial charge in [0.1, 0.15) is 11.8 Å². The van der Waals surface area contributed by atoms with E-state index in [-0.39, 0.29) is 30.4 Å². The zero-order chi connectivity index (χ0) is 21.8. The number of para-hydroxylation sites is 1. The summed E-state index contributed by atoms with van der Waals surface area (Å²) in [7, 11) is 1.62. The second-order valence-corrected chi connectivity index (χ2v) is 8.15. The average molecular weight is 415 g/mol. The minimum absolute atomic E-state index is 0.00141. The summed E-state index contributed by atoms with van der Waals surface area (Å²) in [6.07, 6.45) is 3.89. The molecule has 1 aliphatic heterocycles. The van der Waals surface area contributed by atoms with Crippen LogP contribution in [0.15, 0.2) is 48.5 Å². The van der Waals surface area contributed by atoms with Gasteiger partial charge in [-0.2, -0.15) is 5.26 Å². The molecule has 1 saturated heterocycles. The molecule has 2 aliphatic rings. The Kier molecular flexibility index (Phi) is 6.26. The molecule has 1 heterocycles. The molecule has 2 fully saturated rings. The number of hydrogen-bond acceptors (Lipinski definition) is 4. The molecule has 5 nitrogen and oxygen atoms in total. The van der Waals surface area contributed by atoms with Crippen molar-refractivity contribution < 1.29 is 14.6 Å². The fraction of sp³-hybridized carbons (Fsp3) is 0.385. The SMILES string of the molecule is COc1ccccc1C#Cc1ccc([C@H]2[C@@H](C#N)N(C(=O)C3CCCC3)[C@H]2CO)cc1. The van der Waals surface area contributed by atoms with E-state index in [0.29, 0.717) is 0 Å². The first-order chi connectivity index (χ1) is 15.2. The monoisotopic (exact) mass is 414 g/mol. The van der Waals surface area contributed by atoms with Crippen LogP contribution >= 0.6 is 0 Å². The van der Waals surface area contributed by atoms with Gasteiger partial charge in [-0.3, -0.25) is 4.79 Å². The van der Waals surface area contributed by atoms with Gasteiger partial charge in [0.25, 0.3) is 0 Å². The first-order valence-corrected chi connectivity index (χ1v) is 10.8. The number of rotatable bonds is 4. The third-order valence-corrected chi connectivity index (χ3v) is 6.43. The summed E-state index contributed by atoms with van der Waals surface area (Å²) >= 11 is 0. The summed E-state index contributed by atoms with van der Waals surface area (Å²) in [5, 5.41) is 19.7. The number of nitriles is 1. The van der Waals surface area contributed by atoms with Crippen molar-refractivity contribution in [3.05, 3.63) is 65.2 Å². The topological polar surface area (TPSA) is 73.6 Å². The van der Waals surface area contributed by atoms with Crippen LogP contribution in [0.25, 0.3) is 0 Å². The number of methoxy groups -OCH3 is 1. The lowest BCUT2D eigenvalue weighted by atomic mass is 9.75. The number of amides is 1. The third-order valence-electron chi connectivity index (χ3n) is 6.43. The minimum Gasteiger partial charge on any atom is -0.495 e. The molecule has 5 heteroatoms. The maximum absolute atomic E-state index is 12.9. The summed E-state index contributed by atoms with van der Waals surface area (Å²) in [5.74, 6) is 6.85. The number of likely N-dealkylation sites (tertiary alicyclic amines) is 1. The maximum atomic E-state index is 12.9. The number of carbonyl (C=O) groups is 1. The van der Waals surface area contributed by atoms with E-state index in [1.54, 1.807) is 12.0 Å². The Labute approximate surface area is 183 Å². The van der Waals surface area contributed by atoms with Gasteiger partial charge in [-0.1, -0.05) is 48.9 Å². The van der Waals surface area contributed by atoms with Crippen molar-refractivity contribution in [1.82, 2.24) is 4.90 Å². The summed E-state index contributed by atoms with van der Waals surface area (Å²) in [6, 6.07) is 16.8. The fourth-order valence-electron chi connectivity index (χ4n) is 4.77. The standard InChI is InChI=1S/C26H26N2O3/c1-31-24-9-5-4-6-19(24)13-10-18-11-14-20(15-12-18)25-22(16-27)28(23(25)17-29)26(30)21-7-2-3-8-21/h4-6,9,11-12,14-15,21-23,25,29H,2-3,7-8,17H2,1H3/t22-,23+,25+/m1/s1. The Hall–Kier alpha value is -3.28. The highest BCUT2D eigenvalue weighted by atomic mass is 16.5. The molecule has 0 aromatic heterocycles. The van der Waals surface area contributed by atoms with E-state index in [4.69, 9.17) is 4.74 Å². The van der Waals surface area contributed by atoms with Crippen LogP contribution < -0.4 is 4.74 Å². The van der Waals surface area contributed by atoms with Gasteiger partial charge in [-0.25, -0.2) is 0 Å². The second-order valence-electron chi connectivity index (χ2n) is 8.15. The molecule has 2 aromatic carbocycles. The highest BCUT2D eigenvalue weighted by molar-refractivity contribution is 5.82. The summed E-state index contributed by atoms with van der Waals surface area (Å²) in [4.78, 5) is 14.5. The predicted molar refractivity (Wildman–Crippen MR) is 117 cm³/mol. The molecular formula is C26H26N2O3. The number of ether oxygens (including phenoxy) is 1. The van der Waals surface area contributed by atoms with Gasteiger partial charge in [0.05, 0.1) is 31.4 Å². The van der Waals surface area contributed by atoms with Gasteiger partial charge in [0.2, 0.25) is 5.91 Å². The second kappa shape index (κ2) is 9.25. The molecular weight excluding hydrogens is 388 g/mol. The van der Waals surface area contributed by atoms with Gasteiger partial charge in [-0.15, -0.1) is 0 Å². The first kappa shape index (κ1) is 21.0. The van der Waals surface area contributed by atoms with E-state index in [2.05, 4.69) is 17.9 Å². The number of hydrogen-bond donors (Lipinski definition) is 1. The summed E-state index contributed by atoms with van der Waals surface area (Å²) in [6.45, 7) is -0.142. The van der Waals surface area contributed by atoms with Gasteiger partial charge in [-0.05, 0) is 42.7 Å². The highest BCUT2D eigenvalue weighted by Gasteiger charge is 2.52. The van der Waals surface area contributed by atoms with Crippen molar-refractivity contribution in [3.8, 4) is 23.7 Å². The minimum atomic E-state index is -0.532. The van der Waals surface area contributed by atoms with Crippen molar-refractivity contribution in [2.24, 2.45) is 5.92 Å². The molecule has 2 aromatic rings. The Balaban J connectivity index is 1.51. The third kappa shape index (κ3) is 4.02. The smallest absolute Gasteiger partial charge is 0.227 e. The Morgan fingerprint density at radius 1 is 1.13 bits per heavy atom. The normalized spacial score (nSPS) is 22.7. The van der Waals surface area contributed by atoms with Crippen LogP contribution in [0.4, 0.5) is 0 Å². The van der Waals surface area contributed by atoms with Crippen LogP contribution in [0.1, 0.15) is 48.3 Å². The predicted octanol–water partition coefficient (Wildman–Crippen LogP) is 3.46. The lowest BCUT2D eigenvalue weighted by Crippen LogP contribution is -2.66. The molecule has 0 bridgehead atoms. The van der Waals surface area contributed by atoms with E-state index in [1.807, 2.05) is 48.5 Å². The molecule has 1 aliphatic carbocycles. The Morgan fingerprint density at radius 2 is 1.84 bits per heavy atom. The Bertz CT molecular complexity index is 1040. The van der Waals surface area contributed by atoms with Crippen molar-refractivity contribution >= 4 is 5.91 Å². The highest BCUT2D eigenvalue weighted by Crippen LogP contribution is 2.42. The lowest BCUT2D eigenvalue weighted by Gasteiger charge is -2.52. The molecule has 0 spiro atoms. The molecule has 1 amide bonds. The zero-order valence-corrected chi connectivity index (χ0v) is 17.6. The zero-order valence-electron chi connectivity index (χ0n) is 17.6. The van der Waals surface area contributed by atoms with Crippen molar-refractivity contribution in [2.75, 3.05) is 13.7 Å². The van der Waals surface area contributed by atoms with Crippen LogP contribution in [0.3, 0.4) is 0 Å². The molecule has 3 atom stereocenters. The van der Waals surface area contributed by atoms with Gasteiger partial charge >= 0.3 is 0 Å². The fourth-order valence-corrected chi connectivity index (χ4v) is 4.77.